The highest BCUT2D eigenvalue weighted by Gasteiger charge is 2.22. The number of hydrogen-bond donors (Lipinski definition) is 1. The van der Waals surface area contributed by atoms with Crippen molar-refractivity contribution in [3.05, 3.63) is 11.6 Å². The minimum Gasteiger partial charge on any atom is -0.316 e. The standard InChI is InChI=1S/C13H23N5/c1-14-11-5-4-7-17(9-11)10-13-16-15-12-6-2-3-8-18(12)13/h11,14H,2-10H2,1H3. The van der Waals surface area contributed by atoms with Crippen LogP contribution < -0.4 is 5.32 Å². The van der Waals surface area contributed by atoms with Crippen LogP contribution in [0, 0.1) is 0 Å². The topological polar surface area (TPSA) is 46.0 Å². The van der Waals surface area contributed by atoms with E-state index in [0.29, 0.717) is 6.04 Å². The largest absolute Gasteiger partial charge is 0.316 e. The van der Waals surface area contributed by atoms with Gasteiger partial charge in [0.2, 0.25) is 0 Å². The Morgan fingerprint density at radius 1 is 1.22 bits per heavy atom. The molecular weight excluding hydrogens is 226 g/mol. The Kier molecular flexibility index (Phi) is 3.61. The van der Waals surface area contributed by atoms with Gasteiger partial charge in [-0.1, -0.05) is 0 Å². The molecule has 1 unspecified atom stereocenters. The number of nitrogens with zero attached hydrogens (tertiary/aromatic N) is 4. The summed E-state index contributed by atoms with van der Waals surface area (Å²) in [5.41, 5.74) is 0. The summed E-state index contributed by atoms with van der Waals surface area (Å²) in [6.07, 6.45) is 6.23. The first kappa shape index (κ1) is 12.1. The van der Waals surface area contributed by atoms with E-state index < -0.39 is 0 Å². The average Bonchev–Trinajstić information content (AvgIpc) is 2.83. The van der Waals surface area contributed by atoms with Crippen LogP contribution >= 0.6 is 0 Å². The lowest BCUT2D eigenvalue weighted by molar-refractivity contribution is 0.181. The fourth-order valence-corrected chi connectivity index (χ4v) is 3.12. The Morgan fingerprint density at radius 2 is 2.17 bits per heavy atom. The van der Waals surface area contributed by atoms with Crippen LogP contribution in [0.1, 0.15) is 37.3 Å². The van der Waals surface area contributed by atoms with Gasteiger partial charge in [0.15, 0.2) is 0 Å². The molecule has 18 heavy (non-hydrogen) atoms. The normalized spacial score (nSPS) is 25.1. The van der Waals surface area contributed by atoms with Crippen molar-refractivity contribution in [3.63, 3.8) is 0 Å². The molecule has 3 heterocycles. The highest BCUT2D eigenvalue weighted by Crippen LogP contribution is 2.17. The Morgan fingerprint density at radius 3 is 3.06 bits per heavy atom. The molecule has 0 saturated carbocycles. The fourth-order valence-electron chi connectivity index (χ4n) is 3.12. The lowest BCUT2D eigenvalue weighted by atomic mass is 10.1. The van der Waals surface area contributed by atoms with E-state index in [1.54, 1.807) is 0 Å². The first-order valence-corrected chi connectivity index (χ1v) is 7.17. The summed E-state index contributed by atoms with van der Waals surface area (Å²) in [6.45, 7) is 4.41. The van der Waals surface area contributed by atoms with E-state index in [-0.39, 0.29) is 0 Å². The summed E-state index contributed by atoms with van der Waals surface area (Å²) in [5.74, 6) is 2.36. The van der Waals surface area contributed by atoms with Gasteiger partial charge in [0.05, 0.1) is 6.54 Å². The van der Waals surface area contributed by atoms with E-state index in [1.165, 1.54) is 43.9 Å². The molecule has 1 saturated heterocycles. The van der Waals surface area contributed by atoms with Crippen LogP contribution in [0.25, 0.3) is 0 Å². The van der Waals surface area contributed by atoms with E-state index in [4.69, 9.17) is 0 Å². The van der Waals surface area contributed by atoms with E-state index in [9.17, 15) is 0 Å². The number of likely N-dealkylation sites (N-methyl/N-ethyl adjacent to an activating group) is 1. The van der Waals surface area contributed by atoms with Crippen molar-refractivity contribution in [1.82, 2.24) is 25.0 Å². The Bertz CT molecular complexity index is 400. The molecule has 100 valence electrons. The van der Waals surface area contributed by atoms with Crippen molar-refractivity contribution in [2.24, 2.45) is 0 Å². The number of likely N-dealkylation sites (tertiary alicyclic amines) is 1. The maximum absolute atomic E-state index is 4.39. The summed E-state index contributed by atoms with van der Waals surface area (Å²) < 4.78 is 2.34. The lowest BCUT2D eigenvalue weighted by Crippen LogP contribution is -2.44. The maximum atomic E-state index is 4.39. The van der Waals surface area contributed by atoms with Gasteiger partial charge in [-0.3, -0.25) is 4.90 Å². The monoisotopic (exact) mass is 249 g/mol. The molecule has 0 aromatic carbocycles. The predicted molar refractivity (Wildman–Crippen MR) is 70.3 cm³/mol. The van der Waals surface area contributed by atoms with Gasteiger partial charge in [-0.2, -0.15) is 0 Å². The summed E-state index contributed by atoms with van der Waals surface area (Å²) in [5, 5.41) is 12.1. The fraction of sp³-hybridized carbons (Fsp3) is 0.846. The predicted octanol–water partition coefficient (Wildman–Crippen LogP) is 0.798. The highest BCUT2D eigenvalue weighted by atomic mass is 15.3. The minimum absolute atomic E-state index is 0.641. The van der Waals surface area contributed by atoms with Gasteiger partial charge in [0.1, 0.15) is 11.6 Å². The molecule has 0 aliphatic carbocycles. The van der Waals surface area contributed by atoms with Gasteiger partial charge in [-0.15, -0.1) is 10.2 Å². The maximum Gasteiger partial charge on any atom is 0.147 e. The molecule has 1 aromatic heterocycles. The van der Waals surface area contributed by atoms with Crippen LogP contribution in [0.3, 0.4) is 0 Å². The Balaban J connectivity index is 1.67. The summed E-state index contributed by atoms with van der Waals surface area (Å²) in [4.78, 5) is 2.51. The molecular formula is C13H23N5. The molecule has 2 aliphatic heterocycles. The van der Waals surface area contributed by atoms with Crippen LogP contribution in [-0.2, 0) is 19.5 Å². The van der Waals surface area contributed by atoms with Gasteiger partial charge >= 0.3 is 0 Å². The van der Waals surface area contributed by atoms with Gasteiger partial charge in [-0.05, 0) is 39.3 Å². The first-order valence-electron chi connectivity index (χ1n) is 7.17. The van der Waals surface area contributed by atoms with Crippen molar-refractivity contribution in [3.8, 4) is 0 Å². The SMILES string of the molecule is CNC1CCCN(Cc2nnc3n2CCCC3)C1. The molecule has 2 aliphatic rings. The number of aryl methyl sites for hydroxylation is 1. The molecule has 5 heteroatoms. The first-order chi connectivity index (χ1) is 8.86. The molecule has 0 bridgehead atoms. The summed E-state index contributed by atoms with van der Waals surface area (Å²) in [7, 11) is 2.06. The number of fused-ring (bicyclic) bond motifs is 1. The van der Waals surface area contributed by atoms with Crippen LogP contribution in [-0.4, -0.2) is 45.8 Å². The second kappa shape index (κ2) is 5.36. The average molecular weight is 249 g/mol. The third kappa shape index (κ3) is 2.42. The van der Waals surface area contributed by atoms with E-state index in [0.717, 1.165) is 26.1 Å². The number of nitrogens with one attached hydrogen (secondary N) is 1. The third-order valence-corrected chi connectivity index (χ3v) is 4.21. The van der Waals surface area contributed by atoms with Crippen molar-refractivity contribution in [2.45, 2.75) is 51.2 Å². The Hall–Kier alpha value is -0.940. The van der Waals surface area contributed by atoms with Crippen LogP contribution in [0.15, 0.2) is 0 Å². The molecule has 1 atom stereocenters. The molecule has 3 rings (SSSR count). The third-order valence-electron chi connectivity index (χ3n) is 4.21. The zero-order valence-corrected chi connectivity index (χ0v) is 11.2. The number of hydrogen-bond acceptors (Lipinski definition) is 4. The van der Waals surface area contributed by atoms with Crippen LogP contribution in [0.4, 0.5) is 0 Å². The van der Waals surface area contributed by atoms with Crippen molar-refractivity contribution >= 4 is 0 Å². The number of aromatic nitrogens is 3. The molecule has 1 N–H and O–H groups in total. The molecule has 0 spiro atoms. The van der Waals surface area contributed by atoms with Gasteiger partial charge < -0.3 is 9.88 Å². The van der Waals surface area contributed by atoms with Gasteiger partial charge in [-0.25, -0.2) is 0 Å². The van der Waals surface area contributed by atoms with E-state index in [1.807, 2.05) is 0 Å². The quantitative estimate of drug-likeness (QED) is 0.860. The number of rotatable bonds is 3. The molecule has 1 aromatic rings. The minimum atomic E-state index is 0.641. The van der Waals surface area contributed by atoms with E-state index >= 15 is 0 Å². The molecule has 5 nitrogen and oxygen atoms in total. The van der Waals surface area contributed by atoms with Crippen molar-refractivity contribution < 1.29 is 0 Å². The highest BCUT2D eigenvalue weighted by molar-refractivity contribution is 4.99. The zero-order chi connectivity index (χ0) is 12.4. The lowest BCUT2D eigenvalue weighted by Gasteiger charge is -2.32. The van der Waals surface area contributed by atoms with Gasteiger partial charge in [0, 0.05) is 25.6 Å². The molecule has 1 fully saturated rings. The summed E-state index contributed by atoms with van der Waals surface area (Å²) in [6, 6.07) is 0.641. The summed E-state index contributed by atoms with van der Waals surface area (Å²) >= 11 is 0. The molecule has 0 radical (unpaired) electrons. The smallest absolute Gasteiger partial charge is 0.147 e. The second-order valence-electron chi connectivity index (χ2n) is 5.50. The van der Waals surface area contributed by atoms with Gasteiger partial charge in [0.25, 0.3) is 0 Å². The van der Waals surface area contributed by atoms with E-state index in [2.05, 4.69) is 32.0 Å². The second-order valence-corrected chi connectivity index (χ2v) is 5.50. The Labute approximate surface area is 109 Å². The number of piperidine rings is 1. The van der Waals surface area contributed by atoms with Crippen LogP contribution in [0.2, 0.25) is 0 Å². The van der Waals surface area contributed by atoms with Crippen molar-refractivity contribution in [1.29, 1.82) is 0 Å². The van der Waals surface area contributed by atoms with Crippen molar-refractivity contribution in [2.75, 3.05) is 20.1 Å². The van der Waals surface area contributed by atoms with Crippen LogP contribution in [0.5, 0.6) is 0 Å². The molecule has 0 amide bonds. The zero-order valence-electron chi connectivity index (χ0n) is 11.2.